The van der Waals surface area contributed by atoms with Crippen molar-refractivity contribution in [2.45, 2.75) is 12.2 Å². The second-order valence-corrected chi connectivity index (χ2v) is 6.76. The molecule has 0 aromatic carbocycles. The summed E-state index contributed by atoms with van der Waals surface area (Å²) in [6.07, 6.45) is 1.08. The lowest BCUT2D eigenvalue weighted by Gasteiger charge is -2.14. The number of thioether (sulfide) groups is 1. The number of nitrogens with zero attached hydrogens (tertiary/aromatic N) is 1. The molecule has 2 N–H and O–H groups in total. The molecule has 1 aliphatic heterocycles. The van der Waals surface area contributed by atoms with E-state index in [0.717, 1.165) is 22.8 Å². The fourth-order valence-electron chi connectivity index (χ4n) is 1.75. The lowest BCUT2D eigenvalue weighted by Crippen LogP contribution is -2.34. The van der Waals surface area contributed by atoms with Crippen LogP contribution < -0.4 is 5.73 Å². The number of hydrogen-bond acceptors (Lipinski definition) is 4. The van der Waals surface area contributed by atoms with Gasteiger partial charge in [-0.2, -0.15) is 11.8 Å². The average molecular weight is 286 g/mol. The maximum atomic E-state index is 12.1. The molecule has 2 rings (SSSR count). The normalized spacial score (nSPS) is 14.2. The minimum absolute atomic E-state index is 0.0159. The zero-order valence-corrected chi connectivity index (χ0v) is 12.0. The Bertz CT molecular complexity index is 432. The summed E-state index contributed by atoms with van der Waals surface area (Å²) in [5, 5.41) is 0. The van der Waals surface area contributed by atoms with Gasteiger partial charge in [-0.15, -0.1) is 11.3 Å². The molecule has 17 heavy (non-hydrogen) atoms. The van der Waals surface area contributed by atoms with Gasteiger partial charge in [-0.3, -0.25) is 4.79 Å². The molecule has 1 amide bonds. The third-order valence-corrected chi connectivity index (χ3v) is 4.94. The number of hydrogen-bond donors (Lipinski definition) is 1. The van der Waals surface area contributed by atoms with Crippen molar-refractivity contribution in [3.8, 4) is 0 Å². The molecule has 0 saturated carbocycles. The van der Waals surface area contributed by atoms with Crippen molar-refractivity contribution in [1.82, 2.24) is 4.90 Å². The van der Waals surface area contributed by atoms with Crippen LogP contribution in [0, 0.1) is 0 Å². The van der Waals surface area contributed by atoms with Gasteiger partial charge in [0.25, 0.3) is 5.91 Å². The Morgan fingerprint density at radius 3 is 3.06 bits per heavy atom. The summed E-state index contributed by atoms with van der Waals surface area (Å²) in [6.45, 7) is 0.339. The van der Waals surface area contributed by atoms with E-state index in [9.17, 15) is 4.79 Å². The van der Waals surface area contributed by atoms with Crippen molar-refractivity contribution in [3.63, 3.8) is 0 Å². The molecular formula is C11H14N2OS3. The van der Waals surface area contributed by atoms with Crippen LogP contribution in [0.4, 0.5) is 0 Å². The Morgan fingerprint density at radius 2 is 2.41 bits per heavy atom. The van der Waals surface area contributed by atoms with Crippen molar-refractivity contribution in [2.24, 2.45) is 5.73 Å². The summed E-state index contributed by atoms with van der Waals surface area (Å²) >= 11 is 8.34. The quantitative estimate of drug-likeness (QED) is 0.862. The minimum Gasteiger partial charge on any atom is -0.392 e. The van der Waals surface area contributed by atoms with Gasteiger partial charge in [0.15, 0.2) is 0 Å². The van der Waals surface area contributed by atoms with Gasteiger partial charge >= 0.3 is 0 Å². The van der Waals surface area contributed by atoms with E-state index in [4.69, 9.17) is 18.0 Å². The van der Waals surface area contributed by atoms with Crippen molar-refractivity contribution in [1.29, 1.82) is 0 Å². The molecule has 6 heteroatoms. The van der Waals surface area contributed by atoms with Gasteiger partial charge in [0.05, 0.1) is 16.4 Å². The first-order valence-electron chi connectivity index (χ1n) is 5.31. The second-order valence-electron chi connectivity index (χ2n) is 3.99. The molecule has 0 fully saturated rings. The van der Waals surface area contributed by atoms with Crippen molar-refractivity contribution in [2.75, 3.05) is 19.3 Å². The van der Waals surface area contributed by atoms with Crippen molar-refractivity contribution < 1.29 is 4.79 Å². The number of nitrogens with two attached hydrogens (primary N) is 1. The van der Waals surface area contributed by atoms with Crippen molar-refractivity contribution >= 4 is 46.2 Å². The molecule has 1 aromatic heterocycles. The lowest BCUT2D eigenvalue weighted by atomic mass is 10.2. The molecule has 0 saturated heterocycles. The molecule has 1 aliphatic rings. The molecule has 0 radical (unpaired) electrons. The highest BCUT2D eigenvalue weighted by atomic mass is 32.2. The number of thiophene rings is 1. The lowest BCUT2D eigenvalue weighted by molar-refractivity contribution is 0.0820. The summed E-state index contributed by atoms with van der Waals surface area (Å²) in [5.74, 6) is 2.20. The highest BCUT2D eigenvalue weighted by Gasteiger charge is 2.19. The summed E-state index contributed by atoms with van der Waals surface area (Å²) < 4.78 is 0. The first kappa shape index (κ1) is 12.9. The summed E-state index contributed by atoms with van der Waals surface area (Å²) in [7, 11) is 1.73. The SMILES string of the molecule is CN(CC(N)=S)C(=O)c1cc2c(s1)CCSC2. The van der Waals surface area contributed by atoms with E-state index in [0.29, 0.717) is 11.5 Å². The first-order chi connectivity index (χ1) is 8.08. The van der Waals surface area contributed by atoms with Crippen LogP contribution in [0.5, 0.6) is 0 Å². The Balaban J connectivity index is 2.14. The van der Waals surface area contributed by atoms with Crippen LogP contribution in [0.25, 0.3) is 0 Å². The van der Waals surface area contributed by atoms with Gasteiger partial charge in [-0.25, -0.2) is 0 Å². The van der Waals surface area contributed by atoms with E-state index in [2.05, 4.69) is 0 Å². The topological polar surface area (TPSA) is 46.3 Å². The largest absolute Gasteiger partial charge is 0.392 e. The van der Waals surface area contributed by atoms with Gasteiger partial charge in [-0.1, -0.05) is 12.2 Å². The summed E-state index contributed by atoms with van der Waals surface area (Å²) in [6, 6.07) is 2.02. The summed E-state index contributed by atoms with van der Waals surface area (Å²) in [5.41, 5.74) is 6.76. The predicted octanol–water partition coefficient (Wildman–Crippen LogP) is 1.90. The molecule has 0 unspecified atom stereocenters. The minimum atomic E-state index is 0.0159. The Kier molecular flexibility index (Phi) is 4.06. The Labute approximate surface area is 114 Å². The van der Waals surface area contributed by atoms with E-state index in [1.807, 2.05) is 17.8 Å². The molecule has 0 atom stereocenters. The number of carbonyl (C=O) groups excluding carboxylic acids is 1. The van der Waals surface area contributed by atoms with E-state index in [1.165, 1.54) is 10.4 Å². The third kappa shape index (κ3) is 3.00. The fraction of sp³-hybridized carbons (Fsp3) is 0.455. The summed E-state index contributed by atoms with van der Waals surface area (Å²) in [4.78, 5) is 16.2. The van der Waals surface area contributed by atoms with Crippen molar-refractivity contribution in [3.05, 3.63) is 21.4 Å². The van der Waals surface area contributed by atoms with Gasteiger partial charge in [0.2, 0.25) is 0 Å². The molecule has 0 bridgehead atoms. The maximum absolute atomic E-state index is 12.1. The molecule has 2 heterocycles. The number of aryl methyl sites for hydroxylation is 1. The van der Waals surface area contributed by atoms with Crippen LogP contribution in [0.1, 0.15) is 20.1 Å². The highest BCUT2D eigenvalue weighted by molar-refractivity contribution is 7.98. The zero-order valence-electron chi connectivity index (χ0n) is 9.56. The fourth-order valence-corrected chi connectivity index (χ4v) is 4.31. The monoisotopic (exact) mass is 286 g/mol. The van der Waals surface area contributed by atoms with Gasteiger partial charge in [0.1, 0.15) is 0 Å². The van der Waals surface area contributed by atoms with Crippen LogP contribution in [0.3, 0.4) is 0 Å². The number of rotatable bonds is 3. The number of thiocarbonyl (C=S) groups is 1. The van der Waals surface area contributed by atoms with Gasteiger partial charge in [-0.05, 0) is 23.8 Å². The molecule has 0 spiro atoms. The van der Waals surface area contributed by atoms with Gasteiger partial charge in [0, 0.05) is 17.7 Å². The van der Waals surface area contributed by atoms with E-state index >= 15 is 0 Å². The Morgan fingerprint density at radius 1 is 1.65 bits per heavy atom. The predicted molar refractivity (Wildman–Crippen MR) is 77.9 cm³/mol. The van der Waals surface area contributed by atoms with E-state index in [-0.39, 0.29) is 5.91 Å². The number of carbonyl (C=O) groups is 1. The van der Waals surface area contributed by atoms with E-state index in [1.54, 1.807) is 23.3 Å². The maximum Gasteiger partial charge on any atom is 0.264 e. The van der Waals surface area contributed by atoms with E-state index < -0.39 is 0 Å². The molecule has 0 aliphatic carbocycles. The zero-order chi connectivity index (χ0) is 12.4. The van der Waals surface area contributed by atoms with Crippen LogP contribution in [-0.4, -0.2) is 35.1 Å². The smallest absolute Gasteiger partial charge is 0.264 e. The van der Waals surface area contributed by atoms with Crippen LogP contribution in [-0.2, 0) is 12.2 Å². The number of fused-ring (bicyclic) bond motifs is 1. The molecule has 1 aromatic rings. The van der Waals surface area contributed by atoms with Gasteiger partial charge < -0.3 is 10.6 Å². The van der Waals surface area contributed by atoms with Crippen LogP contribution in [0.15, 0.2) is 6.07 Å². The standard InChI is InChI=1S/C11H14N2OS3/c1-13(5-10(12)15)11(14)9-4-7-6-16-3-2-8(7)17-9/h4H,2-3,5-6H2,1H3,(H2,12,15). The Hall–Kier alpha value is -0.590. The third-order valence-electron chi connectivity index (χ3n) is 2.58. The van der Waals surface area contributed by atoms with Crippen LogP contribution >= 0.6 is 35.3 Å². The number of likely N-dealkylation sites (N-methyl/N-ethyl adjacent to an activating group) is 1. The molecule has 3 nitrogen and oxygen atoms in total. The second kappa shape index (κ2) is 5.37. The molecular weight excluding hydrogens is 272 g/mol. The molecule has 92 valence electrons. The number of amides is 1. The average Bonchev–Trinajstić information content (AvgIpc) is 2.70. The highest BCUT2D eigenvalue weighted by Crippen LogP contribution is 2.32. The van der Waals surface area contributed by atoms with Crippen LogP contribution in [0.2, 0.25) is 0 Å². The first-order valence-corrected chi connectivity index (χ1v) is 7.69.